The van der Waals surface area contributed by atoms with E-state index in [0.717, 1.165) is 30.2 Å². The van der Waals surface area contributed by atoms with Gasteiger partial charge < -0.3 is 10.6 Å². The number of halogens is 1. The molecule has 2 amide bonds. The first-order chi connectivity index (χ1) is 12.3. The molecule has 6 nitrogen and oxygen atoms in total. The van der Waals surface area contributed by atoms with Crippen LogP contribution in [-0.4, -0.2) is 27.2 Å². The lowest BCUT2D eigenvalue weighted by molar-refractivity contribution is 0.240. The Labute approximate surface area is 159 Å². The van der Waals surface area contributed by atoms with E-state index in [2.05, 4.69) is 15.4 Å². The van der Waals surface area contributed by atoms with Crippen molar-refractivity contribution in [2.45, 2.75) is 19.4 Å². The van der Waals surface area contributed by atoms with Crippen LogP contribution in [0.15, 0.2) is 48.5 Å². The highest BCUT2D eigenvalue weighted by Gasteiger charge is 2.03. The Bertz CT molecular complexity index is 839. The first kappa shape index (κ1) is 20.1. The van der Waals surface area contributed by atoms with Gasteiger partial charge in [-0.15, -0.1) is 0 Å². The Morgan fingerprint density at radius 1 is 1.04 bits per heavy atom. The molecular formula is C18H22ClN3O3S. The van der Waals surface area contributed by atoms with Crippen molar-refractivity contribution in [2.75, 3.05) is 17.5 Å². The number of carbonyl (C=O) groups excluding carboxylic acids is 1. The Kier molecular flexibility index (Phi) is 7.29. The van der Waals surface area contributed by atoms with Crippen molar-refractivity contribution in [3.8, 4) is 0 Å². The fraction of sp³-hybridized carbons (Fsp3) is 0.278. The molecule has 8 heteroatoms. The first-order valence-electron chi connectivity index (χ1n) is 8.15. The number of sulfonamides is 1. The van der Waals surface area contributed by atoms with E-state index in [1.807, 2.05) is 30.3 Å². The van der Waals surface area contributed by atoms with Crippen LogP contribution >= 0.6 is 11.6 Å². The molecule has 2 rings (SSSR count). The van der Waals surface area contributed by atoms with Gasteiger partial charge in [0, 0.05) is 23.8 Å². The monoisotopic (exact) mass is 395 g/mol. The number of carbonyl (C=O) groups is 1. The van der Waals surface area contributed by atoms with Crippen LogP contribution in [0, 0.1) is 0 Å². The van der Waals surface area contributed by atoms with Crippen LogP contribution < -0.4 is 15.4 Å². The van der Waals surface area contributed by atoms with Crippen LogP contribution in [-0.2, 0) is 23.0 Å². The molecule has 140 valence electrons. The summed E-state index contributed by atoms with van der Waals surface area (Å²) in [5.41, 5.74) is 2.55. The van der Waals surface area contributed by atoms with Gasteiger partial charge in [0.15, 0.2) is 0 Å². The number of amides is 2. The third-order valence-corrected chi connectivity index (χ3v) is 4.37. The number of urea groups is 1. The zero-order valence-corrected chi connectivity index (χ0v) is 16.0. The van der Waals surface area contributed by atoms with E-state index in [-0.39, 0.29) is 6.03 Å². The minimum atomic E-state index is -3.26. The molecule has 0 saturated carbocycles. The van der Waals surface area contributed by atoms with Crippen molar-refractivity contribution in [1.82, 2.24) is 10.6 Å². The molecule has 26 heavy (non-hydrogen) atoms. The van der Waals surface area contributed by atoms with Crippen LogP contribution in [0.4, 0.5) is 10.5 Å². The minimum Gasteiger partial charge on any atom is -0.338 e. The quantitative estimate of drug-likeness (QED) is 0.600. The molecule has 0 spiro atoms. The van der Waals surface area contributed by atoms with Gasteiger partial charge in [-0.05, 0) is 48.2 Å². The zero-order valence-electron chi connectivity index (χ0n) is 14.5. The molecule has 2 aromatic rings. The average Bonchev–Trinajstić information content (AvgIpc) is 2.57. The van der Waals surface area contributed by atoms with Crippen molar-refractivity contribution in [3.05, 3.63) is 64.7 Å². The maximum Gasteiger partial charge on any atom is 0.315 e. The molecular weight excluding hydrogens is 374 g/mol. The molecule has 2 aromatic carbocycles. The molecule has 0 heterocycles. The van der Waals surface area contributed by atoms with Crippen LogP contribution in [0.3, 0.4) is 0 Å². The molecule has 0 aliphatic rings. The van der Waals surface area contributed by atoms with Crippen LogP contribution in [0.25, 0.3) is 0 Å². The summed E-state index contributed by atoms with van der Waals surface area (Å²) in [5.74, 6) is 0. The van der Waals surface area contributed by atoms with Gasteiger partial charge in [-0.2, -0.15) is 0 Å². The highest BCUT2D eigenvalue weighted by Crippen LogP contribution is 2.12. The largest absolute Gasteiger partial charge is 0.338 e. The lowest BCUT2D eigenvalue weighted by atomic mass is 10.1. The topological polar surface area (TPSA) is 87.3 Å². The molecule has 0 unspecified atom stereocenters. The average molecular weight is 396 g/mol. The number of hydrogen-bond acceptors (Lipinski definition) is 3. The van der Waals surface area contributed by atoms with Gasteiger partial charge in [-0.1, -0.05) is 35.9 Å². The number of aryl methyl sites for hydroxylation is 1. The van der Waals surface area contributed by atoms with Gasteiger partial charge in [-0.25, -0.2) is 13.2 Å². The van der Waals surface area contributed by atoms with E-state index in [1.54, 1.807) is 18.2 Å². The Morgan fingerprint density at radius 2 is 1.77 bits per heavy atom. The molecule has 0 fully saturated rings. The van der Waals surface area contributed by atoms with Crippen LogP contribution in [0.5, 0.6) is 0 Å². The molecule has 0 aliphatic heterocycles. The lowest BCUT2D eigenvalue weighted by Gasteiger charge is -2.08. The van der Waals surface area contributed by atoms with E-state index >= 15 is 0 Å². The summed E-state index contributed by atoms with van der Waals surface area (Å²) in [6, 6.07) is 14.3. The second kappa shape index (κ2) is 9.45. The molecule has 0 aromatic heterocycles. The summed E-state index contributed by atoms with van der Waals surface area (Å²) >= 11 is 5.90. The van der Waals surface area contributed by atoms with E-state index in [4.69, 9.17) is 11.6 Å². The summed E-state index contributed by atoms with van der Waals surface area (Å²) in [6.07, 6.45) is 2.68. The van der Waals surface area contributed by atoms with Crippen molar-refractivity contribution >= 4 is 33.3 Å². The van der Waals surface area contributed by atoms with Crippen molar-refractivity contribution in [2.24, 2.45) is 0 Å². The van der Waals surface area contributed by atoms with E-state index < -0.39 is 10.0 Å². The zero-order chi connectivity index (χ0) is 19.0. The minimum absolute atomic E-state index is 0.224. The summed E-state index contributed by atoms with van der Waals surface area (Å²) in [5, 5.41) is 6.23. The van der Waals surface area contributed by atoms with Gasteiger partial charge >= 0.3 is 6.03 Å². The number of benzene rings is 2. The number of rotatable bonds is 8. The SMILES string of the molecule is CS(=O)(=O)Nc1ccc(CCCNC(=O)NCc2cccc(Cl)c2)cc1. The third kappa shape index (κ3) is 7.76. The van der Waals surface area contributed by atoms with E-state index in [0.29, 0.717) is 23.8 Å². The summed E-state index contributed by atoms with van der Waals surface area (Å²) < 4.78 is 24.7. The number of hydrogen-bond donors (Lipinski definition) is 3. The highest BCUT2D eigenvalue weighted by molar-refractivity contribution is 7.92. The van der Waals surface area contributed by atoms with Gasteiger partial charge in [-0.3, -0.25) is 4.72 Å². The van der Waals surface area contributed by atoms with Gasteiger partial charge in [0.1, 0.15) is 0 Å². The number of anilines is 1. The molecule has 0 saturated heterocycles. The maximum atomic E-state index is 11.8. The predicted molar refractivity (Wildman–Crippen MR) is 105 cm³/mol. The number of nitrogens with one attached hydrogen (secondary N) is 3. The summed E-state index contributed by atoms with van der Waals surface area (Å²) in [4.78, 5) is 11.8. The predicted octanol–water partition coefficient (Wildman–Crippen LogP) is 3.14. The lowest BCUT2D eigenvalue weighted by Crippen LogP contribution is -2.35. The van der Waals surface area contributed by atoms with Crippen molar-refractivity contribution < 1.29 is 13.2 Å². The van der Waals surface area contributed by atoms with Gasteiger partial charge in [0.05, 0.1) is 6.26 Å². The summed E-state index contributed by atoms with van der Waals surface area (Å²) in [6.45, 7) is 0.964. The molecule has 0 radical (unpaired) electrons. The Hall–Kier alpha value is -2.25. The maximum absolute atomic E-state index is 11.8. The smallest absolute Gasteiger partial charge is 0.315 e. The third-order valence-electron chi connectivity index (χ3n) is 3.53. The highest BCUT2D eigenvalue weighted by atomic mass is 35.5. The summed E-state index contributed by atoms with van der Waals surface area (Å²) in [7, 11) is -3.26. The van der Waals surface area contributed by atoms with Gasteiger partial charge in [0.2, 0.25) is 10.0 Å². The Morgan fingerprint density at radius 3 is 2.42 bits per heavy atom. The fourth-order valence-electron chi connectivity index (χ4n) is 2.34. The second-order valence-corrected chi connectivity index (χ2v) is 8.10. The van der Waals surface area contributed by atoms with E-state index in [9.17, 15) is 13.2 Å². The molecule has 0 bridgehead atoms. The normalized spacial score (nSPS) is 11.0. The van der Waals surface area contributed by atoms with Crippen LogP contribution in [0.1, 0.15) is 17.5 Å². The fourth-order valence-corrected chi connectivity index (χ4v) is 3.12. The molecule has 3 N–H and O–H groups in total. The molecule has 0 aliphatic carbocycles. The van der Waals surface area contributed by atoms with Crippen LogP contribution in [0.2, 0.25) is 5.02 Å². The van der Waals surface area contributed by atoms with Crippen molar-refractivity contribution in [3.63, 3.8) is 0 Å². The van der Waals surface area contributed by atoms with Gasteiger partial charge in [0.25, 0.3) is 0 Å². The van der Waals surface area contributed by atoms with E-state index in [1.165, 1.54) is 0 Å². The standard InChI is InChI=1S/C18H22ClN3O3S/c1-26(24,25)22-17-9-7-14(8-10-17)5-3-11-20-18(23)21-13-15-4-2-6-16(19)12-15/h2,4,6-10,12,22H,3,5,11,13H2,1H3,(H2,20,21,23). The Balaban J connectivity index is 1.65. The van der Waals surface area contributed by atoms with Crippen molar-refractivity contribution in [1.29, 1.82) is 0 Å². The second-order valence-electron chi connectivity index (χ2n) is 5.91. The molecule has 0 atom stereocenters. The first-order valence-corrected chi connectivity index (χ1v) is 10.4.